The summed E-state index contributed by atoms with van der Waals surface area (Å²) in [7, 11) is 1.89. The molecule has 2 saturated heterocycles. The van der Waals surface area contributed by atoms with E-state index in [1.54, 1.807) is 18.6 Å². The first kappa shape index (κ1) is 24.9. The number of aromatic nitrogens is 5. The Labute approximate surface area is 217 Å². The van der Waals surface area contributed by atoms with Gasteiger partial charge in [0.1, 0.15) is 12.2 Å². The molecule has 11 heteroatoms. The molecule has 5 heterocycles. The topological polar surface area (TPSA) is 72.4 Å². The number of likely N-dealkylation sites (tertiary alicyclic amines) is 1. The van der Waals surface area contributed by atoms with Crippen LogP contribution >= 0.6 is 0 Å². The van der Waals surface area contributed by atoms with Crippen LogP contribution in [-0.2, 0) is 19.8 Å². The summed E-state index contributed by atoms with van der Waals surface area (Å²) in [6.07, 6.45) is 3.14. The van der Waals surface area contributed by atoms with Crippen LogP contribution in [0.2, 0.25) is 0 Å². The number of alkyl halides is 3. The second-order valence-corrected chi connectivity index (χ2v) is 10.4. The van der Waals surface area contributed by atoms with Gasteiger partial charge >= 0.3 is 11.9 Å². The van der Waals surface area contributed by atoms with Gasteiger partial charge < -0.3 is 9.88 Å². The molecule has 6 rings (SSSR count). The van der Waals surface area contributed by atoms with Gasteiger partial charge in [0.05, 0.1) is 16.8 Å². The van der Waals surface area contributed by atoms with Crippen LogP contribution in [0.3, 0.4) is 0 Å². The van der Waals surface area contributed by atoms with Crippen molar-refractivity contribution >= 4 is 5.52 Å². The zero-order valence-corrected chi connectivity index (χ0v) is 21.2. The standard InChI is InChI=1S/C27H30F3N7O/c1-34-17-32-33-25(34)24(20-12-31-13-20)19-6-5-7-21(11-19)36-16-23-22(27(28,29)30)10-18(15-37(23)26(36)38)14-35-8-3-2-4-9-35/h5-7,10-11,15-17,20,24,31H,2-4,8-9,12-14H2,1H3. The number of benzene rings is 1. The molecular formula is C27H30F3N7O. The normalized spacial score (nSPS) is 18.1. The lowest BCUT2D eigenvalue weighted by Gasteiger charge is -2.34. The number of piperidine rings is 1. The van der Waals surface area contributed by atoms with E-state index in [-0.39, 0.29) is 11.4 Å². The van der Waals surface area contributed by atoms with Crippen molar-refractivity contribution in [2.45, 2.75) is 37.9 Å². The highest BCUT2D eigenvalue weighted by molar-refractivity contribution is 5.58. The summed E-state index contributed by atoms with van der Waals surface area (Å²) < 4.78 is 46.8. The molecule has 0 amide bonds. The zero-order valence-electron chi connectivity index (χ0n) is 21.2. The second-order valence-electron chi connectivity index (χ2n) is 10.4. The Bertz CT molecular complexity index is 1510. The van der Waals surface area contributed by atoms with Crippen LogP contribution < -0.4 is 11.0 Å². The van der Waals surface area contributed by atoms with Crippen molar-refractivity contribution in [1.29, 1.82) is 0 Å². The van der Waals surface area contributed by atoms with Crippen LogP contribution in [0.5, 0.6) is 0 Å². The van der Waals surface area contributed by atoms with Gasteiger partial charge in [-0.3, -0.25) is 13.9 Å². The molecular weight excluding hydrogens is 495 g/mol. The molecule has 1 unspecified atom stereocenters. The molecule has 2 aliphatic rings. The molecule has 2 aliphatic heterocycles. The monoisotopic (exact) mass is 525 g/mol. The van der Waals surface area contributed by atoms with E-state index in [1.807, 2.05) is 29.8 Å². The summed E-state index contributed by atoms with van der Waals surface area (Å²) in [5, 5.41) is 11.7. The predicted octanol–water partition coefficient (Wildman–Crippen LogP) is 3.57. The maximum atomic E-state index is 14.2. The van der Waals surface area contributed by atoms with Gasteiger partial charge in [-0.25, -0.2) is 4.79 Å². The van der Waals surface area contributed by atoms with E-state index in [0.29, 0.717) is 23.7 Å². The van der Waals surface area contributed by atoms with Crippen LogP contribution in [0.25, 0.3) is 11.2 Å². The molecule has 2 fully saturated rings. The van der Waals surface area contributed by atoms with Crippen molar-refractivity contribution in [2.75, 3.05) is 26.2 Å². The molecule has 200 valence electrons. The van der Waals surface area contributed by atoms with Gasteiger partial charge in [0, 0.05) is 45.0 Å². The summed E-state index contributed by atoms with van der Waals surface area (Å²) in [5.74, 6) is 1.05. The van der Waals surface area contributed by atoms with Crippen LogP contribution in [0.4, 0.5) is 13.2 Å². The molecule has 0 aliphatic carbocycles. The third kappa shape index (κ3) is 4.54. The smallest absolute Gasteiger partial charge is 0.320 e. The summed E-state index contributed by atoms with van der Waals surface area (Å²) in [6, 6.07) is 8.62. The number of hydrogen-bond donors (Lipinski definition) is 1. The van der Waals surface area contributed by atoms with Crippen molar-refractivity contribution < 1.29 is 13.2 Å². The van der Waals surface area contributed by atoms with Crippen LogP contribution in [0.15, 0.2) is 53.8 Å². The van der Waals surface area contributed by atoms with E-state index in [2.05, 4.69) is 20.4 Å². The van der Waals surface area contributed by atoms with Crippen LogP contribution in [0, 0.1) is 5.92 Å². The van der Waals surface area contributed by atoms with Gasteiger partial charge in [-0.05, 0) is 61.2 Å². The minimum atomic E-state index is -4.59. The van der Waals surface area contributed by atoms with Crippen molar-refractivity contribution in [1.82, 2.24) is 33.9 Å². The maximum absolute atomic E-state index is 14.2. The largest absolute Gasteiger partial charge is 0.418 e. The van der Waals surface area contributed by atoms with Crippen LogP contribution in [0.1, 0.15) is 47.7 Å². The van der Waals surface area contributed by atoms with Crippen molar-refractivity contribution in [3.05, 3.63) is 82.1 Å². The van der Waals surface area contributed by atoms with Gasteiger partial charge in [-0.1, -0.05) is 18.6 Å². The van der Waals surface area contributed by atoms with Gasteiger partial charge in [0.15, 0.2) is 0 Å². The Morgan fingerprint density at radius 3 is 2.55 bits per heavy atom. The van der Waals surface area contributed by atoms with E-state index in [9.17, 15) is 18.0 Å². The number of nitrogens with zero attached hydrogens (tertiary/aromatic N) is 6. The highest BCUT2D eigenvalue weighted by atomic mass is 19.4. The zero-order chi connectivity index (χ0) is 26.4. The lowest BCUT2D eigenvalue weighted by Crippen LogP contribution is -2.46. The number of hydrogen-bond acceptors (Lipinski definition) is 5. The molecule has 8 nitrogen and oxygen atoms in total. The predicted molar refractivity (Wildman–Crippen MR) is 136 cm³/mol. The highest BCUT2D eigenvalue weighted by Gasteiger charge is 2.35. The molecule has 1 atom stereocenters. The number of aryl methyl sites for hydroxylation is 1. The molecule has 3 aromatic heterocycles. The molecule has 1 aromatic carbocycles. The van der Waals surface area contributed by atoms with Crippen LogP contribution in [-0.4, -0.2) is 54.8 Å². The third-order valence-electron chi connectivity index (χ3n) is 7.80. The third-order valence-corrected chi connectivity index (χ3v) is 7.80. The SMILES string of the molecule is Cn1cnnc1C(c1cccc(-n2cc3c(C(F)(F)F)cc(CN4CCCCC4)cn3c2=O)c1)C1CNC1. The fourth-order valence-corrected chi connectivity index (χ4v) is 5.74. The second kappa shape index (κ2) is 9.70. The number of imidazole rings is 1. The molecule has 0 spiro atoms. The average molecular weight is 526 g/mol. The number of pyridine rings is 1. The Morgan fingerprint density at radius 2 is 1.89 bits per heavy atom. The molecule has 4 aromatic rings. The summed E-state index contributed by atoms with van der Waals surface area (Å²) in [4.78, 5) is 15.7. The van der Waals surface area contributed by atoms with E-state index >= 15 is 0 Å². The Morgan fingerprint density at radius 1 is 1.11 bits per heavy atom. The van der Waals surface area contributed by atoms with Gasteiger partial charge in [0.2, 0.25) is 0 Å². The highest BCUT2D eigenvalue weighted by Crippen LogP contribution is 2.35. The lowest BCUT2D eigenvalue weighted by atomic mass is 9.81. The fraction of sp³-hybridized carbons (Fsp3) is 0.444. The van der Waals surface area contributed by atoms with E-state index in [1.165, 1.54) is 16.8 Å². The minimum absolute atomic E-state index is 0.0571. The molecule has 0 radical (unpaired) electrons. The first-order chi connectivity index (χ1) is 18.3. The minimum Gasteiger partial charge on any atom is -0.320 e. The Kier molecular flexibility index (Phi) is 6.35. The number of fused-ring (bicyclic) bond motifs is 1. The quantitative estimate of drug-likeness (QED) is 0.417. The molecule has 1 N–H and O–H groups in total. The fourth-order valence-electron chi connectivity index (χ4n) is 5.74. The Hall–Kier alpha value is -3.44. The maximum Gasteiger partial charge on any atom is 0.418 e. The first-order valence-corrected chi connectivity index (χ1v) is 13.0. The summed E-state index contributed by atoms with van der Waals surface area (Å²) >= 11 is 0. The number of rotatable bonds is 6. The van der Waals surface area contributed by atoms with Gasteiger partial charge in [-0.15, -0.1) is 10.2 Å². The molecule has 38 heavy (non-hydrogen) atoms. The van der Waals surface area contributed by atoms with Gasteiger partial charge in [-0.2, -0.15) is 13.2 Å². The van der Waals surface area contributed by atoms with Crippen molar-refractivity contribution in [3.8, 4) is 5.69 Å². The van der Waals surface area contributed by atoms with Crippen molar-refractivity contribution in [3.63, 3.8) is 0 Å². The van der Waals surface area contributed by atoms with Crippen molar-refractivity contribution in [2.24, 2.45) is 13.0 Å². The van der Waals surface area contributed by atoms with E-state index < -0.39 is 17.4 Å². The summed E-state index contributed by atoms with van der Waals surface area (Å²) in [6.45, 7) is 3.75. The summed E-state index contributed by atoms with van der Waals surface area (Å²) in [5.41, 5.74) is 0.471. The molecule has 0 saturated carbocycles. The molecule has 0 bridgehead atoms. The number of halogens is 3. The van der Waals surface area contributed by atoms with Gasteiger partial charge in [0.25, 0.3) is 0 Å². The first-order valence-electron chi connectivity index (χ1n) is 13.0. The van der Waals surface area contributed by atoms with E-state index in [4.69, 9.17) is 0 Å². The number of nitrogens with one attached hydrogen (secondary N) is 1. The lowest BCUT2D eigenvalue weighted by molar-refractivity contribution is -0.136. The van der Waals surface area contributed by atoms with E-state index in [0.717, 1.165) is 61.2 Å². The Balaban J connectivity index is 1.43. The average Bonchev–Trinajstić information content (AvgIpc) is 3.44.